The van der Waals surface area contributed by atoms with E-state index in [2.05, 4.69) is 129 Å². The molecule has 0 radical (unpaired) electrons. The largest absolute Gasteiger partial charge is 0.309 e. The molecule has 0 atom stereocenters. The fourth-order valence-corrected chi connectivity index (χ4v) is 8.30. The van der Waals surface area contributed by atoms with Gasteiger partial charge in [-0.1, -0.05) is 133 Å². The van der Waals surface area contributed by atoms with Crippen LogP contribution in [-0.4, -0.2) is 9.13 Å². The Morgan fingerprint density at radius 2 is 0.963 bits per heavy atom. The van der Waals surface area contributed by atoms with Crippen molar-refractivity contribution in [2.75, 3.05) is 0 Å². The molecule has 0 N–H and O–H groups in total. The minimum Gasteiger partial charge on any atom is -0.309 e. The third-order valence-electron chi connectivity index (χ3n) is 10.6. The highest BCUT2D eigenvalue weighted by atomic mass is 15.0. The minimum absolute atomic E-state index is 0.465. The van der Waals surface area contributed by atoms with E-state index in [9.17, 15) is 5.26 Å². The molecule has 0 spiro atoms. The molecule has 8 aromatic carbocycles. The van der Waals surface area contributed by atoms with Crippen LogP contribution in [0, 0.1) is 17.9 Å². The smallest absolute Gasteiger partial charge is 0.203 e. The van der Waals surface area contributed by atoms with Crippen molar-refractivity contribution < 1.29 is 0 Å². The van der Waals surface area contributed by atoms with Gasteiger partial charge in [-0.2, -0.15) is 5.26 Å². The Bertz CT molecular complexity index is 3140. The standard InChI is InChI=1S/C50H30N4/c1-52-50-41(31-40(33-16-6-2-7-17-33)42(32-51)47(50)34-18-8-3-9-19-34)35-26-27-39-46(30-35)54(37-22-12-5-13-23-37)45-29-28-44-48(49(39)45)38-24-14-15-25-43(38)53(44)36-20-10-4-11-21-36/h2-31H. The molecule has 0 aliphatic rings. The number of hydrogen-bond donors (Lipinski definition) is 0. The first-order valence-electron chi connectivity index (χ1n) is 18.0. The zero-order valence-corrected chi connectivity index (χ0v) is 29.1. The van der Waals surface area contributed by atoms with Gasteiger partial charge in [-0.15, -0.1) is 0 Å². The lowest BCUT2D eigenvalue weighted by atomic mass is 9.86. The van der Waals surface area contributed by atoms with Crippen molar-refractivity contribution in [3.8, 4) is 50.8 Å². The molecule has 0 amide bonds. The summed E-state index contributed by atoms with van der Waals surface area (Å²) in [5.74, 6) is 0. The predicted molar refractivity (Wildman–Crippen MR) is 222 cm³/mol. The van der Waals surface area contributed by atoms with Gasteiger partial charge in [0, 0.05) is 38.5 Å². The van der Waals surface area contributed by atoms with Crippen molar-refractivity contribution in [3.05, 3.63) is 199 Å². The van der Waals surface area contributed by atoms with Crippen LogP contribution in [0.2, 0.25) is 0 Å². The van der Waals surface area contributed by atoms with E-state index in [0.717, 1.165) is 66.6 Å². The third-order valence-corrected chi connectivity index (χ3v) is 10.6. The van der Waals surface area contributed by atoms with Crippen LogP contribution in [0.25, 0.3) is 93.2 Å². The normalized spacial score (nSPS) is 11.3. The van der Waals surface area contributed by atoms with Crippen molar-refractivity contribution in [3.63, 3.8) is 0 Å². The Morgan fingerprint density at radius 1 is 0.444 bits per heavy atom. The summed E-state index contributed by atoms with van der Waals surface area (Å²) < 4.78 is 4.71. The van der Waals surface area contributed by atoms with Gasteiger partial charge < -0.3 is 9.13 Å². The quantitative estimate of drug-likeness (QED) is 0.166. The van der Waals surface area contributed by atoms with Crippen LogP contribution < -0.4 is 0 Å². The molecule has 54 heavy (non-hydrogen) atoms. The van der Waals surface area contributed by atoms with Crippen molar-refractivity contribution in [1.82, 2.24) is 9.13 Å². The van der Waals surface area contributed by atoms with Crippen molar-refractivity contribution in [1.29, 1.82) is 5.26 Å². The van der Waals surface area contributed by atoms with Gasteiger partial charge in [-0.05, 0) is 76.3 Å². The number of rotatable bonds is 5. The first-order chi connectivity index (χ1) is 26.7. The summed E-state index contributed by atoms with van der Waals surface area (Å²) in [6.07, 6.45) is 0. The molecule has 0 saturated carbocycles. The van der Waals surface area contributed by atoms with Crippen LogP contribution in [0.1, 0.15) is 5.56 Å². The molecule has 0 fully saturated rings. The van der Waals surface area contributed by atoms with Gasteiger partial charge >= 0.3 is 0 Å². The molecule has 0 aliphatic carbocycles. The van der Waals surface area contributed by atoms with Gasteiger partial charge in [-0.25, -0.2) is 4.85 Å². The Hall–Kier alpha value is -7.66. The Morgan fingerprint density at radius 3 is 1.56 bits per heavy atom. The molecule has 2 heterocycles. The van der Waals surface area contributed by atoms with Crippen LogP contribution in [-0.2, 0) is 0 Å². The number of nitrogens with zero attached hydrogens (tertiary/aromatic N) is 4. The molecule has 0 unspecified atom stereocenters. The highest BCUT2D eigenvalue weighted by Gasteiger charge is 2.24. The maximum absolute atomic E-state index is 10.7. The molecule has 250 valence electrons. The van der Waals surface area contributed by atoms with Gasteiger partial charge in [0.1, 0.15) is 0 Å². The molecule has 10 aromatic rings. The molecule has 2 aromatic heterocycles. The number of hydrogen-bond acceptors (Lipinski definition) is 1. The summed E-state index contributed by atoms with van der Waals surface area (Å²) in [6, 6.07) is 65.2. The maximum atomic E-state index is 10.7. The summed E-state index contributed by atoms with van der Waals surface area (Å²) >= 11 is 0. The van der Waals surface area contributed by atoms with E-state index in [-0.39, 0.29) is 0 Å². The second-order valence-electron chi connectivity index (χ2n) is 13.5. The van der Waals surface area contributed by atoms with Gasteiger partial charge in [0.2, 0.25) is 5.69 Å². The van der Waals surface area contributed by atoms with E-state index in [0.29, 0.717) is 16.8 Å². The second-order valence-corrected chi connectivity index (χ2v) is 13.5. The lowest BCUT2D eigenvalue weighted by molar-refractivity contribution is 1.17. The Balaban J connectivity index is 1.33. The van der Waals surface area contributed by atoms with Gasteiger partial charge in [0.15, 0.2) is 0 Å². The molecule has 0 bridgehead atoms. The third kappa shape index (κ3) is 4.68. The topological polar surface area (TPSA) is 38.0 Å². The fraction of sp³-hybridized carbons (Fsp3) is 0. The van der Waals surface area contributed by atoms with Crippen LogP contribution in [0.15, 0.2) is 182 Å². The molecule has 0 saturated heterocycles. The second kappa shape index (κ2) is 12.5. The van der Waals surface area contributed by atoms with Gasteiger partial charge in [0.05, 0.1) is 40.3 Å². The molecule has 10 rings (SSSR count). The van der Waals surface area contributed by atoms with Crippen LogP contribution >= 0.6 is 0 Å². The maximum Gasteiger partial charge on any atom is 0.203 e. The van der Waals surface area contributed by atoms with Crippen molar-refractivity contribution >= 4 is 49.3 Å². The zero-order valence-electron chi connectivity index (χ0n) is 29.1. The number of fused-ring (bicyclic) bond motifs is 7. The fourth-order valence-electron chi connectivity index (χ4n) is 8.30. The zero-order chi connectivity index (χ0) is 36.2. The predicted octanol–water partition coefficient (Wildman–Crippen LogP) is 13.3. The molecule has 4 heteroatoms. The SMILES string of the molecule is [C-]#[N+]c1c(-c2ccc3c4c5c6ccccc6n(-c6ccccc6)c5ccc4n(-c4ccccc4)c3c2)cc(-c2ccccc2)c(C#N)c1-c1ccccc1. The van der Waals surface area contributed by atoms with E-state index in [4.69, 9.17) is 6.57 Å². The molecule has 0 aliphatic heterocycles. The number of benzene rings is 8. The minimum atomic E-state index is 0.465. The van der Waals surface area contributed by atoms with E-state index in [1.807, 2.05) is 72.8 Å². The van der Waals surface area contributed by atoms with Gasteiger partial charge in [0.25, 0.3) is 0 Å². The van der Waals surface area contributed by atoms with Crippen LogP contribution in [0.3, 0.4) is 0 Å². The number of nitriles is 1. The van der Waals surface area contributed by atoms with Crippen molar-refractivity contribution in [2.24, 2.45) is 0 Å². The average molecular weight is 687 g/mol. The Kier molecular flexibility index (Phi) is 7.22. The van der Waals surface area contributed by atoms with E-state index >= 15 is 0 Å². The average Bonchev–Trinajstić information content (AvgIpc) is 3.76. The van der Waals surface area contributed by atoms with E-state index in [1.54, 1.807) is 0 Å². The van der Waals surface area contributed by atoms with Gasteiger partial charge in [-0.3, -0.25) is 0 Å². The highest BCUT2D eigenvalue weighted by Crippen LogP contribution is 2.48. The Labute approximate surface area is 312 Å². The monoisotopic (exact) mass is 686 g/mol. The molecular formula is C50H30N4. The van der Waals surface area contributed by atoms with Crippen LogP contribution in [0.4, 0.5) is 5.69 Å². The summed E-state index contributed by atoms with van der Waals surface area (Å²) in [5.41, 5.74) is 12.5. The summed E-state index contributed by atoms with van der Waals surface area (Å²) in [4.78, 5) is 4.17. The van der Waals surface area contributed by atoms with Crippen molar-refractivity contribution in [2.45, 2.75) is 0 Å². The molecular weight excluding hydrogens is 657 g/mol. The van der Waals surface area contributed by atoms with E-state index < -0.39 is 0 Å². The lowest BCUT2D eigenvalue weighted by Crippen LogP contribution is -1.95. The van der Waals surface area contributed by atoms with Crippen LogP contribution in [0.5, 0.6) is 0 Å². The summed E-state index contributed by atoms with van der Waals surface area (Å²) in [7, 11) is 0. The summed E-state index contributed by atoms with van der Waals surface area (Å²) in [5, 5.41) is 15.4. The number of aromatic nitrogens is 2. The first kappa shape index (κ1) is 31.1. The number of para-hydroxylation sites is 3. The lowest BCUT2D eigenvalue weighted by Gasteiger charge is -2.17. The highest BCUT2D eigenvalue weighted by molar-refractivity contribution is 6.29. The molecule has 4 nitrogen and oxygen atoms in total. The first-order valence-corrected chi connectivity index (χ1v) is 18.0. The summed E-state index contributed by atoms with van der Waals surface area (Å²) in [6.45, 7) is 8.55. The van der Waals surface area contributed by atoms with E-state index in [1.165, 1.54) is 16.2 Å².